The van der Waals surface area contributed by atoms with Crippen molar-refractivity contribution in [2.45, 2.75) is 35.6 Å². The van der Waals surface area contributed by atoms with Crippen LogP contribution in [0, 0.1) is 6.92 Å². The van der Waals surface area contributed by atoms with E-state index in [1.807, 2.05) is 32.0 Å². The molecule has 2 heteroatoms. The van der Waals surface area contributed by atoms with Gasteiger partial charge in [-0.05, 0) is 21.0 Å². The fourth-order valence-electron chi connectivity index (χ4n) is 1.44. The van der Waals surface area contributed by atoms with E-state index >= 15 is 0 Å². The van der Waals surface area contributed by atoms with Gasteiger partial charge in [-0.3, -0.25) is 0 Å². The molecule has 0 saturated carbocycles. The molecule has 1 aromatic rings. The van der Waals surface area contributed by atoms with E-state index in [-0.39, 0.29) is 14.9 Å². The summed E-state index contributed by atoms with van der Waals surface area (Å²) in [5, 5.41) is 0. The first-order valence-corrected chi connectivity index (χ1v) is 6.57. The molecular formula is C17H36N2. The number of likely N-dealkylation sites (N-methyl/N-ethyl adjacent to an activating group) is 2. The Balaban J connectivity index is -0.000000219. The van der Waals surface area contributed by atoms with Crippen LogP contribution in [0.3, 0.4) is 0 Å². The number of aryl methyl sites for hydroxylation is 1. The highest BCUT2D eigenvalue weighted by Crippen LogP contribution is 1.93. The van der Waals surface area contributed by atoms with Crippen LogP contribution in [0.2, 0.25) is 0 Å². The van der Waals surface area contributed by atoms with Crippen molar-refractivity contribution in [2.75, 3.05) is 40.3 Å². The molecule has 0 aromatic heterocycles. The average Bonchev–Trinajstić information content (AvgIpc) is 2.37. The minimum Gasteiger partial charge on any atom is -0.304 e. The van der Waals surface area contributed by atoms with E-state index in [4.69, 9.17) is 0 Å². The van der Waals surface area contributed by atoms with Gasteiger partial charge in [-0.15, -0.1) is 0 Å². The topological polar surface area (TPSA) is 6.48 Å². The molecule has 2 nitrogen and oxygen atoms in total. The molecule has 114 valence electrons. The van der Waals surface area contributed by atoms with Gasteiger partial charge in [-0.2, -0.15) is 0 Å². The lowest BCUT2D eigenvalue weighted by Gasteiger charge is -2.28. The maximum atomic E-state index is 2.36. The van der Waals surface area contributed by atoms with Gasteiger partial charge in [0.15, 0.2) is 0 Å². The molecular weight excluding hydrogens is 232 g/mol. The number of benzene rings is 1. The molecule has 1 fully saturated rings. The second-order valence-electron chi connectivity index (χ2n) is 4.26. The molecule has 19 heavy (non-hydrogen) atoms. The Hall–Kier alpha value is -0.860. The van der Waals surface area contributed by atoms with Crippen molar-refractivity contribution in [1.82, 2.24) is 9.80 Å². The maximum Gasteiger partial charge on any atom is 0.0107 e. The third-order valence-electron chi connectivity index (χ3n) is 2.67. The first-order valence-electron chi connectivity index (χ1n) is 6.57. The van der Waals surface area contributed by atoms with E-state index in [1.165, 1.54) is 31.7 Å². The van der Waals surface area contributed by atoms with Crippen LogP contribution in [0.4, 0.5) is 0 Å². The van der Waals surface area contributed by atoms with Crippen LogP contribution in [-0.4, -0.2) is 50.1 Å². The van der Waals surface area contributed by atoms with Gasteiger partial charge in [-0.25, -0.2) is 0 Å². The first-order chi connectivity index (χ1) is 8.18. The SMILES string of the molecule is C.C.CC.CN1CCN(C)CC1.Cc1ccccc1. The minimum absolute atomic E-state index is 0. The summed E-state index contributed by atoms with van der Waals surface area (Å²) in [6.07, 6.45) is 0. The normalized spacial score (nSPS) is 14.6. The molecule has 0 amide bonds. The predicted molar refractivity (Wildman–Crippen MR) is 91.0 cm³/mol. The highest BCUT2D eigenvalue weighted by molar-refractivity contribution is 5.11. The summed E-state index contributed by atoms with van der Waals surface area (Å²) in [6, 6.07) is 10.3. The monoisotopic (exact) mass is 268 g/mol. The van der Waals surface area contributed by atoms with Crippen molar-refractivity contribution >= 4 is 0 Å². The van der Waals surface area contributed by atoms with Gasteiger partial charge < -0.3 is 9.80 Å². The van der Waals surface area contributed by atoms with Crippen molar-refractivity contribution in [3.05, 3.63) is 35.9 Å². The fraction of sp³-hybridized carbons (Fsp3) is 0.647. The van der Waals surface area contributed by atoms with Crippen molar-refractivity contribution in [1.29, 1.82) is 0 Å². The molecule has 1 aromatic carbocycles. The average molecular weight is 268 g/mol. The Bertz CT molecular complexity index is 241. The van der Waals surface area contributed by atoms with Crippen LogP contribution in [-0.2, 0) is 0 Å². The molecule has 1 saturated heterocycles. The summed E-state index contributed by atoms with van der Waals surface area (Å²) in [5.41, 5.74) is 1.32. The van der Waals surface area contributed by atoms with Gasteiger partial charge in [0.1, 0.15) is 0 Å². The fourth-order valence-corrected chi connectivity index (χ4v) is 1.44. The molecule has 0 aliphatic carbocycles. The van der Waals surface area contributed by atoms with Crippen LogP contribution in [0.15, 0.2) is 30.3 Å². The molecule has 0 radical (unpaired) electrons. The minimum atomic E-state index is 0. The van der Waals surface area contributed by atoms with Gasteiger partial charge in [0.05, 0.1) is 0 Å². The van der Waals surface area contributed by atoms with Crippen LogP contribution in [0.1, 0.15) is 34.3 Å². The largest absolute Gasteiger partial charge is 0.304 e. The Labute approximate surface area is 122 Å². The van der Waals surface area contributed by atoms with Crippen LogP contribution in [0.5, 0.6) is 0 Å². The lowest BCUT2D eigenvalue weighted by molar-refractivity contribution is 0.181. The number of nitrogens with zero attached hydrogens (tertiary/aromatic N) is 2. The molecule has 0 atom stereocenters. The summed E-state index contributed by atoms with van der Waals surface area (Å²) in [7, 11) is 4.35. The van der Waals surface area contributed by atoms with Crippen molar-refractivity contribution in [2.24, 2.45) is 0 Å². The van der Waals surface area contributed by atoms with E-state index in [0.717, 1.165) is 0 Å². The molecule has 1 aliphatic heterocycles. The van der Waals surface area contributed by atoms with Crippen molar-refractivity contribution in [3.8, 4) is 0 Å². The Morgan fingerprint density at radius 2 is 1.05 bits per heavy atom. The summed E-state index contributed by atoms with van der Waals surface area (Å²) in [5.74, 6) is 0. The predicted octanol–water partition coefficient (Wildman–Crippen LogP) is 4.16. The number of piperazine rings is 1. The molecule has 0 bridgehead atoms. The molecule has 1 heterocycles. The summed E-state index contributed by atoms with van der Waals surface area (Å²) < 4.78 is 0. The van der Waals surface area contributed by atoms with Gasteiger partial charge in [-0.1, -0.05) is 64.6 Å². The highest BCUT2D eigenvalue weighted by Gasteiger charge is 2.07. The summed E-state index contributed by atoms with van der Waals surface area (Å²) in [4.78, 5) is 4.72. The number of rotatable bonds is 0. The van der Waals surface area contributed by atoms with E-state index in [2.05, 4.69) is 43.0 Å². The zero-order chi connectivity index (χ0) is 13.1. The third-order valence-corrected chi connectivity index (χ3v) is 2.67. The Kier molecular flexibility index (Phi) is 18.6. The van der Waals surface area contributed by atoms with Crippen LogP contribution >= 0.6 is 0 Å². The maximum absolute atomic E-state index is 2.36. The first kappa shape index (κ1) is 23.2. The second kappa shape index (κ2) is 15.2. The lowest BCUT2D eigenvalue weighted by Crippen LogP contribution is -2.42. The molecule has 0 N–H and O–H groups in total. The second-order valence-corrected chi connectivity index (χ2v) is 4.26. The van der Waals surface area contributed by atoms with E-state index in [9.17, 15) is 0 Å². The summed E-state index contributed by atoms with van der Waals surface area (Å²) in [6.45, 7) is 11.0. The molecule has 2 rings (SSSR count). The van der Waals surface area contributed by atoms with Gasteiger partial charge in [0, 0.05) is 26.2 Å². The van der Waals surface area contributed by atoms with E-state index in [0.29, 0.717) is 0 Å². The molecule has 0 unspecified atom stereocenters. The number of hydrogen-bond donors (Lipinski definition) is 0. The van der Waals surface area contributed by atoms with Crippen molar-refractivity contribution < 1.29 is 0 Å². The smallest absolute Gasteiger partial charge is 0.0107 e. The van der Waals surface area contributed by atoms with Crippen LogP contribution < -0.4 is 0 Å². The molecule has 1 aliphatic rings. The van der Waals surface area contributed by atoms with E-state index < -0.39 is 0 Å². The Morgan fingerprint density at radius 3 is 1.26 bits per heavy atom. The van der Waals surface area contributed by atoms with Gasteiger partial charge >= 0.3 is 0 Å². The summed E-state index contributed by atoms with van der Waals surface area (Å²) >= 11 is 0. The van der Waals surface area contributed by atoms with Gasteiger partial charge in [0.2, 0.25) is 0 Å². The standard InChI is InChI=1S/C7H8.C6H14N2.C2H6.2CH4/c1-7-5-3-2-4-6-7;1-7-3-5-8(2)6-4-7;1-2;;/h2-6H,1H3;3-6H2,1-2H3;1-2H3;2*1H4. The van der Waals surface area contributed by atoms with Crippen molar-refractivity contribution in [3.63, 3.8) is 0 Å². The van der Waals surface area contributed by atoms with Gasteiger partial charge in [0.25, 0.3) is 0 Å². The zero-order valence-electron chi connectivity index (χ0n) is 12.1. The molecule has 0 spiro atoms. The Morgan fingerprint density at radius 1 is 0.737 bits per heavy atom. The highest BCUT2D eigenvalue weighted by atomic mass is 15.2. The number of hydrogen-bond acceptors (Lipinski definition) is 2. The third kappa shape index (κ3) is 13.4. The zero-order valence-corrected chi connectivity index (χ0v) is 12.1. The van der Waals surface area contributed by atoms with Crippen LogP contribution in [0.25, 0.3) is 0 Å². The lowest BCUT2D eigenvalue weighted by atomic mass is 10.2. The quantitative estimate of drug-likeness (QED) is 0.697. The van der Waals surface area contributed by atoms with E-state index in [1.54, 1.807) is 0 Å².